The van der Waals surface area contributed by atoms with Gasteiger partial charge in [-0.05, 0) is 41.7 Å². The molecule has 0 aliphatic carbocycles. The van der Waals surface area contributed by atoms with E-state index in [0.717, 1.165) is 12.0 Å². The minimum Gasteiger partial charge on any atom is -0.220 e. The highest BCUT2D eigenvalue weighted by molar-refractivity contribution is 5.68. The van der Waals surface area contributed by atoms with Gasteiger partial charge in [-0.2, -0.15) is 4.39 Å². The molecule has 0 aliphatic rings. The van der Waals surface area contributed by atoms with Crippen molar-refractivity contribution in [1.82, 2.24) is 4.98 Å². The van der Waals surface area contributed by atoms with Crippen molar-refractivity contribution in [3.05, 3.63) is 78.2 Å². The average molecular weight is 347 g/mol. The number of halogens is 1. The Kier molecular flexibility index (Phi) is 6.54. The first-order chi connectivity index (χ1) is 12.8. The van der Waals surface area contributed by atoms with Crippen LogP contribution in [0, 0.1) is 5.95 Å². The first-order valence-corrected chi connectivity index (χ1v) is 9.58. The maximum atomic E-state index is 13.3. The van der Waals surface area contributed by atoms with Gasteiger partial charge < -0.3 is 0 Å². The second kappa shape index (κ2) is 9.28. The second-order valence-corrected chi connectivity index (χ2v) is 6.78. The highest BCUT2D eigenvalue weighted by Gasteiger charge is 2.03. The first kappa shape index (κ1) is 18.3. The molecule has 0 saturated heterocycles. The number of aryl methyl sites for hydroxylation is 1. The summed E-state index contributed by atoms with van der Waals surface area (Å²) in [6, 6.07) is 21.9. The minimum absolute atomic E-state index is 0.447. The van der Waals surface area contributed by atoms with Crippen LogP contribution in [0.15, 0.2) is 66.7 Å². The quantitative estimate of drug-likeness (QED) is 0.314. The summed E-state index contributed by atoms with van der Waals surface area (Å²) in [7, 11) is 0. The molecule has 0 radical (unpaired) electrons. The van der Waals surface area contributed by atoms with Gasteiger partial charge >= 0.3 is 0 Å². The summed E-state index contributed by atoms with van der Waals surface area (Å²) in [5.41, 5.74) is 5.37. The Morgan fingerprint density at radius 2 is 1.31 bits per heavy atom. The highest BCUT2D eigenvalue weighted by Crippen LogP contribution is 2.24. The Morgan fingerprint density at radius 3 is 1.96 bits per heavy atom. The monoisotopic (exact) mass is 347 g/mol. The van der Waals surface area contributed by atoms with E-state index in [9.17, 15) is 4.39 Å². The number of nitrogens with zero attached hydrogens (tertiary/aromatic N) is 1. The van der Waals surface area contributed by atoms with E-state index < -0.39 is 5.95 Å². The van der Waals surface area contributed by atoms with Crippen LogP contribution in [0.3, 0.4) is 0 Å². The van der Waals surface area contributed by atoms with Gasteiger partial charge in [-0.3, -0.25) is 0 Å². The summed E-state index contributed by atoms with van der Waals surface area (Å²) < 4.78 is 13.3. The summed E-state index contributed by atoms with van der Waals surface area (Å²) in [5.74, 6) is -0.447. The van der Waals surface area contributed by atoms with Crippen LogP contribution in [0.4, 0.5) is 4.39 Å². The summed E-state index contributed by atoms with van der Waals surface area (Å²) in [6.45, 7) is 2.25. The molecular weight excluding hydrogens is 321 g/mol. The molecule has 0 saturated carbocycles. The Morgan fingerprint density at radius 1 is 0.692 bits per heavy atom. The molecule has 26 heavy (non-hydrogen) atoms. The predicted molar refractivity (Wildman–Crippen MR) is 108 cm³/mol. The highest BCUT2D eigenvalue weighted by atomic mass is 19.1. The molecule has 2 heteroatoms. The van der Waals surface area contributed by atoms with E-state index in [1.54, 1.807) is 6.07 Å². The number of hydrogen-bond acceptors (Lipinski definition) is 1. The zero-order valence-corrected chi connectivity index (χ0v) is 15.4. The van der Waals surface area contributed by atoms with Gasteiger partial charge in [0, 0.05) is 5.56 Å². The van der Waals surface area contributed by atoms with Crippen LogP contribution >= 0.6 is 0 Å². The Labute approximate surface area is 155 Å². The van der Waals surface area contributed by atoms with Crippen molar-refractivity contribution in [1.29, 1.82) is 0 Å². The van der Waals surface area contributed by atoms with Crippen molar-refractivity contribution in [2.75, 3.05) is 0 Å². The number of rotatable bonds is 8. The normalized spacial score (nSPS) is 10.8. The molecule has 3 aromatic rings. The number of benzene rings is 2. The van der Waals surface area contributed by atoms with Crippen molar-refractivity contribution in [2.24, 2.45) is 0 Å². The molecule has 2 aromatic carbocycles. The lowest BCUT2D eigenvalue weighted by molar-refractivity contribution is 0.585. The van der Waals surface area contributed by atoms with Crippen molar-refractivity contribution in [2.45, 2.75) is 45.4 Å². The summed E-state index contributed by atoms with van der Waals surface area (Å²) >= 11 is 0. The fourth-order valence-electron chi connectivity index (χ4n) is 3.20. The summed E-state index contributed by atoms with van der Waals surface area (Å²) in [4.78, 5) is 3.94. The number of aromatic nitrogens is 1. The Balaban J connectivity index is 1.62. The molecule has 0 N–H and O–H groups in total. The zero-order chi connectivity index (χ0) is 18.2. The van der Waals surface area contributed by atoms with Gasteiger partial charge in [0.25, 0.3) is 0 Å². The average Bonchev–Trinajstić information content (AvgIpc) is 2.68. The molecule has 1 aromatic heterocycles. The van der Waals surface area contributed by atoms with Gasteiger partial charge in [-0.15, -0.1) is 0 Å². The van der Waals surface area contributed by atoms with Gasteiger partial charge in [0.15, 0.2) is 0 Å². The fourth-order valence-corrected chi connectivity index (χ4v) is 3.20. The van der Waals surface area contributed by atoms with Crippen LogP contribution in [0.5, 0.6) is 0 Å². The topological polar surface area (TPSA) is 12.9 Å². The van der Waals surface area contributed by atoms with E-state index in [2.05, 4.69) is 48.3 Å². The molecule has 134 valence electrons. The maximum Gasteiger partial charge on any atom is 0.213 e. The smallest absolute Gasteiger partial charge is 0.213 e. The minimum atomic E-state index is -0.447. The summed E-state index contributed by atoms with van der Waals surface area (Å²) in [5, 5.41) is 0. The SMILES string of the molecule is CCCCCCCc1ccc(-c2ccc(-c3cccc(F)n3)cc2)cc1. The molecule has 0 amide bonds. The van der Waals surface area contributed by atoms with Crippen molar-refractivity contribution < 1.29 is 4.39 Å². The van der Waals surface area contributed by atoms with Crippen molar-refractivity contribution >= 4 is 0 Å². The largest absolute Gasteiger partial charge is 0.220 e. The first-order valence-electron chi connectivity index (χ1n) is 9.58. The van der Waals surface area contributed by atoms with E-state index in [1.807, 2.05) is 18.2 Å². The van der Waals surface area contributed by atoms with Crippen LogP contribution in [0.2, 0.25) is 0 Å². The molecule has 1 heterocycles. The van der Waals surface area contributed by atoms with Gasteiger partial charge in [0.05, 0.1) is 5.69 Å². The van der Waals surface area contributed by atoms with Crippen LogP contribution < -0.4 is 0 Å². The molecule has 1 nitrogen and oxygen atoms in total. The molecular formula is C24H26FN. The number of pyridine rings is 1. The maximum absolute atomic E-state index is 13.3. The van der Waals surface area contributed by atoms with Crippen molar-refractivity contribution in [3.8, 4) is 22.4 Å². The van der Waals surface area contributed by atoms with Crippen molar-refractivity contribution in [3.63, 3.8) is 0 Å². The molecule has 0 spiro atoms. The molecule has 0 fully saturated rings. The lowest BCUT2D eigenvalue weighted by Crippen LogP contribution is -1.88. The number of unbranched alkanes of at least 4 members (excludes halogenated alkanes) is 4. The van der Waals surface area contributed by atoms with E-state index >= 15 is 0 Å². The van der Waals surface area contributed by atoms with Gasteiger partial charge in [0.1, 0.15) is 0 Å². The molecule has 3 rings (SSSR count). The van der Waals surface area contributed by atoms with E-state index in [0.29, 0.717) is 5.69 Å². The summed E-state index contributed by atoms with van der Waals surface area (Å²) in [6.07, 6.45) is 7.75. The third kappa shape index (κ3) is 5.01. The molecule has 0 unspecified atom stereocenters. The number of hydrogen-bond donors (Lipinski definition) is 0. The lowest BCUT2D eigenvalue weighted by atomic mass is 9.99. The van der Waals surface area contributed by atoms with E-state index in [4.69, 9.17) is 0 Å². The van der Waals surface area contributed by atoms with Crippen LogP contribution in [0.25, 0.3) is 22.4 Å². The molecule has 0 atom stereocenters. The Hall–Kier alpha value is -2.48. The van der Waals surface area contributed by atoms with E-state index in [-0.39, 0.29) is 0 Å². The predicted octanol–water partition coefficient (Wildman–Crippen LogP) is 7.07. The van der Waals surface area contributed by atoms with Gasteiger partial charge in [-0.25, -0.2) is 4.98 Å². The van der Waals surface area contributed by atoms with Crippen LogP contribution in [0.1, 0.15) is 44.6 Å². The van der Waals surface area contributed by atoms with Gasteiger partial charge in [0.2, 0.25) is 5.95 Å². The lowest BCUT2D eigenvalue weighted by Gasteiger charge is -2.06. The second-order valence-electron chi connectivity index (χ2n) is 6.78. The third-order valence-corrected chi connectivity index (χ3v) is 4.75. The van der Waals surface area contributed by atoms with Gasteiger partial charge in [-0.1, -0.05) is 87.2 Å². The van der Waals surface area contributed by atoms with Crippen LogP contribution in [-0.2, 0) is 6.42 Å². The standard InChI is InChI=1S/C24H26FN/c1-2-3-4-5-6-8-19-11-13-20(14-12-19)21-15-17-22(18-16-21)23-9-7-10-24(25)26-23/h7,9-18H,2-6,8H2,1H3. The Bertz CT molecular complexity index is 806. The third-order valence-electron chi connectivity index (χ3n) is 4.75. The zero-order valence-electron chi connectivity index (χ0n) is 15.4. The molecule has 0 bridgehead atoms. The fraction of sp³-hybridized carbons (Fsp3) is 0.292. The van der Waals surface area contributed by atoms with Crippen LogP contribution in [-0.4, -0.2) is 4.98 Å². The molecule has 0 aliphatic heterocycles. The van der Waals surface area contributed by atoms with E-state index in [1.165, 1.54) is 54.9 Å².